The van der Waals surface area contributed by atoms with E-state index < -0.39 is 0 Å². The van der Waals surface area contributed by atoms with Crippen molar-refractivity contribution in [2.45, 2.75) is 18.9 Å². The van der Waals surface area contributed by atoms with Gasteiger partial charge in [0.05, 0.1) is 6.04 Å². The zero-order valence-corrected chi connectivity index (χ0v) is 18.7. The minimum atomic E-state index is -0.279. The molecule has 0 aromatic heterocycles. The van der Waals surface area contributed by atoms with Gasteiger partial charge in [-0.25, -0.2) is 8.78 Å². The number of hydrogen-bond donors (Lipinski definition) is 1. The third kappa shape index (κ3) is 6.91. The fourth-order valence-corrected chi connectivity index (χ4v) is 3.71. The van der Waals surface area contributed by atoms with Crippen LogP contribution in [0.2, 0.25) is 0 Å². The minimum Gasteiger partial charge on any atom is -0.340 e. The lowest BCUT2D eigenvalue weighted by atomic mass is 9.96. The fourth-order valence-electron chi connectivity index (χ4n) is 3.71. The molecule has 1 aliphatic rings. The number of rotatable bonds is 7. The SMILES string of the molecule is CNCCCC(=O)N1CCN(C(c2ccc(F)cc2)c2ccc(F)cc2)CC1.Cl.Cl. The van der Waals surface area contributed by atoms with Gasteiger partial charge in [-0.15, -0.1) is 24.8 Å². The minimum absolute atomic E-state index is 0. The molecule has 0 unspecified atom stereocenters. The van der Waals surface area contributed by atoms with Gasteiger partial charge in [-0.2, -0.15) is 0 Å². The van der Waals surface area contributed by atoms with Gasteiger partial charge in [0, 0.05) is 32.6 Å². The zero-order valence-electron chi connectivity index (χ0n) is 17.0. The molecular weight excluding hydrogens is 431 g/mol. The number of carbonyl (C=O) groups excluding carboxylic acids is 1. The van der Waals surface area contributed by atoms with Crippen LogP contribution in [0.4, 0.5) is 8.78 Å². The third-order valence-electron chi connectivity index (χ3n) is 5.22. The highest BCUT2D eigenvalue weighted by atomic mass is 35.5. The van der Waals surface area contributed by atoms with E-state index in [-0.39, 0.29) is 48.4 Å². The average Bonchev–Trinajstić information content (AvgIpc) is 2.71. The number of halogens is 4. The van der Waals surface area contributed by atoms with Crippen molar-refractivity contribution in [3.05, 3.63) is 71.3 Å². The normalized spacial score (nSPS) is 14.2. The molecule has 0 spiro atoms. The molecule has 2 aromatic rings. The maximum absolute atomic E-state index is 13.4. The van der Waals surface area contributed by atoms with Crippen molar-refractivity contribution in [3.8, 4) is 0 Å². The topological polar surface area (TPSA) is 35.6 Å². The quantitative estimate of drug-likeness (QED) is 0.634. The van der Waals surface area contributed by atoms with Crippen LogP contribution in [0.1, 0.15) is 30.0 Å². The molecule has 8 heteroatoms. The van der Waals surface area contributed by atoms with Crippen LogP contribution in [-0.4, -0.2) is 55.5 Å². The summed E-state index contributed by atoms with van der Waals surface area (Å²) in [7, 11) is 1.88. The maximum atomic E-state index is 13.4. The summed E-state index contributed by atoms with van der Waals surface area (Å²) in [6, 6.07) is 12.8. The summed E-state index contributed by atoms with van der Waals surface area (Å²) in [5.41, 5.74) is 1.92. The molecule has 0 radical (unpaired) electrons. The Hall–Kier alpha value is -1.73. The maximum Gasteiger partial charge on any atom is 0.222 e. The van der Waals surface area contributed by atoms with Crippen molar-refractivity contribution in [1.82, 2.24) is 15.1 Å². The van der Waals surface area contributed by atoms with Crippen LogP contribution < -0.4 is 5.32 Å². The molecule has 1 N–H and O–H groups in total. The molecule has 1 heterocycles. The Morgan fingerprint density at radius 3 is 1.80 bits per heavy atom. The van der Waals surface area contributed by atoms with Crippen molar-refractivity contribution in [3.63, 3.8) is 0 Å². The number of amides is 1. The van der Waals surface area contributed by atoms with Gasteiger partial charge < -0.3 is 10.2 Å². The molecule has 1 amide bonds. The highest BCUT2D eigenvalue weighted by Crippen LogP contribution is 2.30. The molecule has 1 aliphatic heterocycles. The van der Waals surface area contributed by atoms with Gasteiger partial charge in [0.1, 0.15) is 11.6 Å². The highest BCUT2D eigenvalue weighted by Gasteiger charge is 2.28. The van der Waals surface area contributed by atoms with Gasteiger partial charge in [0.25, 0.3) is 0 Å². The lowest BCUT2D eigenvalue weighted by Crippen LogP contribution is -2.49. The van der Waals surface area contributed by atoms with E-state index in [0.717, 1.165) is 37.2 Å². The van der Waals surface area contributed by atoms with Crippen molar-refractivity contribution < 1.29 is 13.6 Å². The van der Waals surface area contributed by atoms with E-state index in [1.807, 2.05) is 11.9 Å². The van der Waals surface area contributed by atoms with Gasteiger partial charge in [-0.3, -0.25) is 9.69 Å². The molecule has 3 rings (SSSR count). The van der Waals surface area contributed by atoms with Gasteiger partial charge >= 0.3 is 0 Å². The van der Waals surface area contributed by atoms with E-state index in [2.05, 4.69) is 10.2 Å². The number of piperazine rings is 1. The number of nitrogens with zero attached hydrogens (tertiary/aromatic N) is 2. The Kier molecular flexibility index (Phi) is 11.3. The summed E-state index contributed by atoms with van der Waals surface area (Å²) in [4.78, 5) is 16.6. The zero-order chi connectivity index (χ0) is 19.9. The van der Waals surface area contributed by atoms with E-state index in [4.69, 9.17) is 0 Å². The number of benzene rings is 2. The Labute approximate surface area is 189 Å². The molecular formula is C22H29Cl2F2N3O. The van der Waals surface area contributed by atoms with Crippen LogP contribution in [-0.2, 0) is 4.79 Å². The first-order valence-electron chi connectivity index (χ1n) is 9.76. The molecule has 4 nitrogen and oxygen atoms in total. The predicted molar refractivity (Wildman–Crippen MR) is 120 cm³/mol. The van der Waals surface area contributed by atoms with Crippen molar-refractivity contribution in [1.29, 1.82) is 0 Å². The van der Waals surface area contributed by atoms with E-state index >= 15 is 0 Å². The molecule has 2 aromatic carbocycles. The third-order valence-corrected chi connectivity index (χ3v) is 5.22. The summed E-state index contributed by atoms with van der Waals surface area (Å²) < 4.78 is 26.8. The first kappa shape index (κ1) is 26.3. The van der Waals surface area contributed by atoms with Gasteiger partial charge in [-0.05, 0) is 55.4 Å². The molecule has 0 aliphatic carbocycles. The fraction of sp³-hybridized carbons (Fsp3) is 0.409. The van der Waals surface area contributed by atoms with E-state index in [1.54, 1.807) is 24.3 Å². The first-order chi connectivity index (χ1) is 13.6. The number of hydrogen-bond acceptors (Lipinski definition) is 3. The number of nitrogens with one attached hydrogen (secondary N) is 1. The van der Waals surface area contributed by atoms with Crippen LogP contribution in [0.15, 0.2) is 48.5 Å². The second-order valence-electron chi connectivity index (χ2n) is 7.13. The summed E-state index contributed by atoms with van der Waals surface area (Å²) in [5.74, 6) is -0.368. The van der Waals surface area contributed by atoms with E-state index in [9.17, 15) is 13.6 Å². The molecule has 1 saturated heterocycles. The van der Waals surface area contributed by atoms with Gasteiger partial charge in [0.15, 0.2) is 0 Å². The van der Waals surface area contributed by atoms with Crippen LogP contribution in [0.5, 0.6) is 0 Å². The van der Waals surface area contributed by atoms with Crippen LogP contribution in [0.3, 0.4) is 0 Å². The summed E-state index contributed by atoms with van der Waals surface area (Å²) >= 11 is 0. The van der Waals surface area contributed by atoms with Crippen LogP contribution >= 0.6 is 24.8 Å². The Balaban J connectivity index is 0.00000225. The summed E-state index contributed by atoms with van der Waals surface area (Å²) in [6.07, 6.45) is 1.39. The molecule has 1 fully saturated rings. The van der Waals surface area contributed by atoms with Crippen molar-refractivity contribution in [2.24, 2.45) is 0 Å². The second-order valence-corrected chi connectivity index (χ2v) is 7.13. The Morgan fingerprint density at radius 2 is 1.37 bits per heavy atom. The Bertz CT molecular complexity index is 721. The second kappa shape index (κ2) is 12.8. The Morgan fingerprint density at radius 1 is 0.900 bits per heavy atom. The van der Waals surface area contributed by atoms with E-state index in [0.29, 0.717) is 19.5 Å². The molecule has 0 atom stereocenters. The van der Waals surface area contributed by atoms with Gasteiger partial charge in [-0.1, -0.05) is 24.3 Å². The largest absolute Gasteiger partial charge is 0.340 e. The average molecular weight is 460 g/mol. The molecule has 30 heavy (non-hydrogen) atoms. The van der Waals surface area contributed by atoms with Crippen molar-refractivity contribution in [2.75, 3.05) is 39.8 Å². The predicted octanol–water partition coefficient (Wildman–Crippen LogP) is 4.04. The summed E-state index contributed by atoms with van der Waals surface area (Å²) in [6.45, 7) is 3.60. The first-order valence-corrected chi connectivity index (χ1v) is 9.76. The lowest BCUT2D eigenvalue weighted by Gasteiger charge is -2.40. The van der Waals surface area contributed by atoms with E-state index in [1.165, 1.54) is 24.3 Å². The monoisotopic (exact) mass is 459 g/mol. The van der Waals surface area contributed by atoms with Gasteiger partial charge in [0.2, 0.25) is 5.91 Å². The van der Waals surface area contributed by atoms with Crippen molar-refractivity contribution >= 4 is 30.7 Å². The highest BCUT2D eigenvalue weighted by molar-refractivity contribution is 5.85. The van der Waals surface area contributed by atoms with Crippen LogP contribution in [0.25, 0.3) is 0 Å². The molecule has 0 bridgehead atoms. The standard InChI is InChI=1S/C22H27F2N3O.2ClH/c1-25-12-2-3-21(28)26-13-15-27(16-14-26)22(17-4-8-19(23)9-5-17)18-6-10-20(24)11-7-18;;/h4-11,22,25H,2-3,12-16H2,1H3;2*1H. The number of carbonyl (C=O) groups is 1. The molecule has 166 valence electrons. The summed E-state index contributed by atoms with van der Waals surface area (Å²) in [5, 5.41) is 3.06. The van der Waals surface area contributed by atoms with Crippen LogP contribution in [0, 0.1) is 11.6 Å². The smallest absolute Gasteiger partial charge is 0.222 e. The lowest BCUT2D eigenvalue weighted by molar-refractivity contribution is -0.133. The molecule has 0 saturated carbocycles.